The van der Waals surface area contributed by atoms with Gasteiger partial charge in [0.25, 0.3) is 9.05 Å². The smallest absolute Gasteiger partial charge is 0.264 e. The van der Waals surface area contributed by atoms with Gasteiger partial charge >= 0.3 is 0 Å². The van der Waals surface area contributed by atoms with Crippen molar-refractivity contribution in [1.82, 2.24) is 0 Å². The fraction of sp³-hybridized carbons (Fsp3) is 0. The van der Waals surface area contributed by atoms with E-state index in [0.29, 0.717) is 12.1 Å². The highest BCUT2D eigenvalue weighted by molar-refractivity contribution is 8.13. The molecule has 8 heteroatoms. The highest BCUT2D eigenvalue weighted by Gasteiger charge is 2.20. The summed E-state index contributed by atoms with van der Waals surface area (Å²) in [5.74, 6) is -2.11. The summed E-state index contributed by atoms with van der Waals surface area (Å²) in [6.07, 6.45) is 0. The van der Waals surface area contributed by atoms with E-state index in [0.717, 1.165) is 0 Å². The maximum Gasteiger partial charge on any atom is 0.264 e. The molecule has 0 aliphatic carbocycles. The van der Waals surface area contributed by atoms with Gasteiger partial charge in [-0.05, 0) is 12.1 Å². The van der Waals surface area contributed by atoms with Gasteiger partial charge in [-0.3, -0.25) is 4.79 Å². The number of carbonyl (C=O) groups excluding carboxylic acids is 1. The summed E-state index contributed by atoms with van der Waals surface area (Å²) in [6.45, 7) is 0. The quantitative estimate of drug-likeness (QED) is 0.829. The summed E-state index contributed by atoms with van der Waals surface area (Å²) >= 11 is 5.47. The number of hydrogen-bond donors (Lipinski definition) is 1. The number of carbonyl (C=O) groups is 1. The van der Waals surface area contributed by atoms with Crippen LogP contribution in [0, 0.1) is 5.82 Å². The van der Waals surface area contributed by atoms with Crippen LogP contribution in [0.2, 0.25) is 5.02 Å². The van der Waals surface area contributed by atoms with Crippen molar-refractivity contribution in [2.75, 3.05) is 0 Å². The summed E-state index contributed by atoms with van der Waals surface area (Å²) in [7, 11) is 0.654. The lowest BCUT2D eigenvalue weighted by molar-refractivity contribution is 0.1000. The molecule has 0 radical (unpaired) electrons. The average molecular weight is 272 g/mol. The van der Waals surface area contributed by atoms with Crippen LogP contribution in [0.1, 0.15) is 10.4 Å². The molecule has 0 heterocycles. The predicted molar refractivity (Wildman–Crippen MR) is 53.0 cm³/mol. The van der Waals surface area contributed by atoms with E-state index in [1.807, 2.05) is 0 Å². The molecule has 0 saturated heterocycles. The molecule has 2 N–H and O–H groups in total. The lowest BCUT2D eigenvalue weighted by Gasteiger charge is -2.03. The van der Waals surface area contributed by atoms with Gasteiger partial charge in [0, 0.05) is 10.7 Å². The molecule has 0 unspecified atom stereocenters. The number of hydrogen-bond acceptors (Lipinski definition) is 3. The Morgan fingerprint density at radius 3 is 2.33 bits per heavy atom. The van der Waals surface area contributed by atoms with Crippen molar-refractivity contribution in [3.8, 4) is 0 Å². The highest BCUT2D eigenvalue weighted by Crippen LogP contribution is 2.25. The summed E-state index contributed by atoms with van der Waals surface area (Å²) in [5.41, 5.74) is 4.59. The number of nitrogens with two attached hydrogens (primary N) is 1. The summed E-state index contributed by atoms with van der Waals surface area (Å²) in [5, 5.41) is -0.274. The molecule has 1 amide bonds. The van der Waals surface area contributed by atoms with Gasteiger partial charge in [-0.2, -0.15) is 0 Å². The van der Waals surface area contributed by atoms with E-state index in [-0.39, 0.29) is 10.6 Å². The maximum absolute atomic E-state index is 13.1. The molecule has 0 aliphatic heterocycles. The third kappa shape index (κ3) is 2.58. The van der Waals surface area contributed by atoms with Crippen molar-refractivity contribution in [3.05, 3.63) is 28.5 Å². The Kier molecular flexibility index (Phi) is 3.22. The second-order valence-corrected chi connectivity index (χ2v) is 5.51. The number of halogens is 3. The Morgan fingerprint density at radius 1 is 1.40 bits per heavy atom. The third-order valence-corrected chi connectivity index (χ3v) is 3.20. The van der Waals surface area contributed by atoms with E-state index in [9.17, 15) is 17.6 Å². The highest BCUT2D eigenvalue weighted by atomic mass is 35.7. The van der Waals surface area contributed by atoms with Gasteiger partial charge in [0.1, 0.15) is 10.7 Å². The molecule has 82 valence electrons. The number of primary amides is 1. The van der Waals surface area contributed by atoms with E-state index in [2.05, 4.69) is 0 Å². The lowest BCUT2D eigenvalue weighted by Crippen LogP contribution is -2.13. The average Bonchev–Trinajstić information content (AvgIpc) is 2.00. The van der Waals surface area contributed by atoms with Gasteiger partial charge in [0.2, 0.25) is 5.91 Å². The zero-order valence-corrected chi connectivity index (χ0v) is 9.33. The van der Waals surface area contributed by atoms with Crippen LogP contribution in [-0.4, -0.2) is 14.3 Å². The fourth-order valence-electron chi connectivity index (χ4n) is 0.905. The Bertz CT molecular complexity index is 529. The SMILES string of the molecule is NC(=O)c1cc(S(=O)(=O)Cl)c(F)cc1Cl. The summed E-state index contributed by atoms with van der Waals surface area (Å²) in [6, 6.07) is 1.36. The Labute approximate surface area is 94.2 Å². The van der Waals surface area contributed by atoms with E-state index in [1.165, 1.54) is 0 Å². The van der Waals surface area contributed by atoms with Crippen LogP contribution in [0.25, 0.3) is 0 Å². The molecule has 4 nitrogen and oxygen atoms in total. The molecule has 1 rings (SSSR count). The second kappa shape index (κ2) is 3.96. The van der Waals surface area contributed by atoms with E-state index in [1.54, 1.807) is 0 Å². The van der Waals surface area contributed by atoms with Crippen molar-refractivity contribution in [2.45, 2.75) is 4.90 Å². The molecule has 0 atom stereocenters. The number of amides is 1. The number of rotatable bonds is 2. The van der Waals surface area contributed by atoms with Crippen molar-refractivity contribution in [3.63, 3.8) is 0 Å². The van der Waals surface area contributed by atoms with Gasteiger partial charge in [-0.25, -0.2) is 12.8 Å². The first-order valence-corrected chi connectivity index (χ1v) is 6.15. The van der Waals surface area contributed by atoms with Crippen molar-refractivity contribution < 1.29 is 17.6 Å². The van der Waals surface area contributed by atoms with Crippen molar-refractivity contribution in [1.29, 1.82) is 0 Å². The monoisotopic (exact) mass is 271 g/mol. The topological polar surface area (TPSA) is 77.2 Å². The fourth-order valence-corrected chi connectivity index (χ4v) is 2.05. The molecule has 0 aromatic heterocycles. The maximum atomic E-state index is 13.1. The minimum atomic E-state index is -4.28. The standard InChI is InChI=1S/C7H4Cl2FNO3S/c8-4-2-5(10)6(15(9,13)14)1-3(4)7(11)12/h1-2H,(H2,11,12). The molecular weight excluding hydrogens is 268 g/mol. The van der Waals surface area contributed by atoms with Crippen molar-refractivity contribution >= 4 is 37.2 Å². The third-order valence-electron chi connectivity index (χ3n) is 1.55. The largest absolute Gasteiger partial charge is 0.366 e. The number of benzene rings is 1. The van der Waals surface area contributed by atoms with E-state index < -0.39 is 25.7 Å². The Morgan fingerprint density at radius 2 is 1.93 bits per heavy atom. The van der Waals surface area contributed by atoms with Gasteiger partial charge in [-0.15, -0.1) is 0 Å². The molecule has 1 aromatic rings. The van der Waals surface area contributed by atoms with Gasteiger partial charge < -0.3 is 5.73 Å². The zero-order chi connectivity index (χ0) is 11.8. The first-order valence-electron chi connectivity index (χ1n) is 3.47. The Hall–Kier alpha value is -0.850. The zero-order valence-electron chi connectivity index (χ0n) is 7.00. The summed E-state index contributed by atoms with van der Waals surface area (Å²) in [4.78, 5) is 9.96. The van der Waals surface area contributed by atoms with Gasteiger partial charge in [0.15, 0.2) is 0 Å². The Balaban J connectivity index is 3.58. The molecule has 0 fully saturated rings. The van der Waals surface area contributed by atoms with Crippen LogP contribution in [-0.2, 0) is 9.05 Å². The van der Waals surface area contributed by atoms with Gasteiger partial charge in [0.05, 0.1) is 10.6 Å². The van der Waals surface area contributed by atoms with Crippen LogP contribution >= 0.6 is 22.3 Å². The first kappa shape index (κ1) is 12.2. The van der Waals surface area contributed by atoms with Crippen molar-refractivity contribution in [2.24, 2.45) is 5.73 Å². The predicted octanol–water partition coefficient (Wildman–Crippen LogP) is 1.51. The van der Waals surface area contributed by atoms with Crippen LogP contribution in [0.5, 0.6) is 0 Å². The van der Waals surface area contributed by atoms with Crippen LogP contribution in [0.15, 0.2) is 17.0 Å². The summed E-state index contributed by atoms with van der Waals surface area (Å²) < 4.78 is 34.8. The molecule has 1 aromatic carbocycles. The molecule has 0 bridgehead atoms. The molecule has 15 heavy (non-hydrogen) atoms. The molecule has 0 aliphatic rings. The molecule has 0 spiro atoms. The lowest BCUT2D eigenvalue weighted by atomic mass is 10.2. The minimum Gasteiger partial charge on any atom is -0.366 e. The van der Waals surface area contributed by atoms with E-state index in [4.69, 9.17) is 28.0 Å². The first-order chi connectivity index (χ1) is 6.73. The minimum absolute atomic E-state index is 0.274. The molecular formula is C7H4Cl2FNO3S. The van der Waals surface area contributed by atoms with Crippen LogP contribution < -0.4 is 5.73 Å². The van der Waals surface area contributed by atoms with Crippen LogP contribution in [0.3, 0.4) is 0 Å². The normalized spacial score (nSPS) is 11.4. The second-order valence-electron chi connectivity index (χ2n) is 2.56. The molecule has 0 saturated carbocycles. The van der Waals surface area contributed by atoms with Gasteiger partial charge in [-0.1, -0.05) is 11.6 Å². The van der Waals surface area contributed by atoms with E-state index >= 15 is 0 Å². The van der Waals surface area contributed by atoms with Crippen LogP contribution in [0.4, 0.5) is 4.39 Å².